The molecule has 28 heavy (non-hydrogen) atoms. The number of carbonyl (C=O) groups is 1. The van der Waals surface area contributed by atoms with Gasteiger partial charge in [-0.25, -0.2) is 13.1 Å². The summed E-state index contributed by atoms with van der Waals surface area (Å²) >= 11 is 0. The van der Waals surface area contributed by atoms with Crippen LogP contribution >= 0.6 is 0 Å². The number of benzene rings is 2. The van der Waals surface area contributed by atoms with Gasteiger partial charge in [0, 0.05) is 6.54 Å². The lowest BCUT2D eigenvalue weighted by atomic mass is 9.84. The van der Waals surface area contributed by atoms with Crippen molar-refractivity contribution >= 4 is 15.9 Å². The van der Waals surface area contributed by atoms with Crippen LogP contribution < -0.4 is 10.0 Å². The minimum Gasteiger partial charge on any atom is -0.355 e. The van der Waals surface area contributed by atoms with Gasteiger partial charge >= 0.3 is 0 Å². The van der Waals surface area contributed by atoms with Gasteiger partial charge in [0.1, 0.15) is 0 Å². The van der Waals surface area contributed by atoms with Gasteiger partial charge in [-0.15, -0.1) is 0 Å². The molecule has 0 radical (unpaired) electrons. The van der Waals surface area contributed by atoms with Crippen LogP contribution in [0.25, 0.3) is 0 Å². The molecule has 6 heteroatoms. The van der Waals surface area contributed by atoms with Crippen LogP contribution in [0.4, 0.5) is 0 Å². The van der Waals surface area contributed by atoms with Crippen molar-refractivity contribution in [2.45, 2.75) is 49.3 Å². The van der Waals surface area contributed by atoms with Gasteiger partial charge in [-0.2, -0.15) is 0 Å². The number of sulfonamides is 1. The Bertz CT molecular complexity index is 858. The van der Waals surface area contributed by atoms with Crippen LogP contribution in [0.15, 0.2) is 59.5 Å². The van der Waals surface area contributed by atoms with Crippen LogP contribution in [-0.2, 0) is 21.2 Å². The summed E-state index contributed by atoms with van der Waals surface area (Å²) < 4.78 is 27.2. The predicted molar refractivity (Wildman–Crippen MR) is 111 cm³/mol. The maximum absolute atomic E-state index is 12.4. The lowest BCUT2D eigenvalue weighted by Gasteiger charge is -2.22. The monoisotopic (exact) mass is 400 g/mol. The first-order valence-electron chi connectivity index (χ1n) is 9.95. The summed E-state index contributed by atoms with van der Waals surface area (Å²) in [6.45, 7) is 0.210. The van der Waals surface area contributed by atoms with E-state index in [0.29, 0.717) is 18.9 Å². The number of amides is 1. The van der Waals surface area contributed by atoms with Crippen LogP contribution in [0, 0.1) is 0 Å². The van der Waals surface area contributed by atoms with Crippen molar-refractivity contribution in [2.75, 3.05) is 13.1 Å². The largest absolute Gasteiger partial charge is 0.355 e. The highest BCUT2D eigenvalue weighted by molar-refractivity contribution is 7.89. The Kier molecular flexibility index (Phi) is 7.23. The molecule has 0 aromatic heterocycles. The average Bonchev–Trinajstić information content (AvgIpc) is 2.74. The summed E-state index contributed by atoms with van der Waals surface area (Å²) in [5, 5.41) is 2.74. The molecule has 2 aromatic carbocycles. The Morgan fingerprint density at radius 2 is 1.61 bits per heavy atom. The van der Waals surface area contributed by atoms with E-state index in [1.54, 1.807) is 12.1 Å². The maximum atomic E-state index is 12.4. The Morgan fingerprint density at radius 3 is 2.29 bits per heavy atom. The zero-order valence-corrected chi connectivity index (χ0v) is 16.9. The molecule has 5 nitrogen and oxygen atoms in total. The van der Waals surface area contributed by atoms with E-state index < -0.39 is 10.0 Å². The minimum atomic E-state index is -3.69. The third-order valence-electron chi connectivity index (χ3n) is 5.27. The molecule has 1 aliphatic rings. The van der Waals surface area contributed by atoms with Crippen LogP contribution in [0.1, 0.15) is 49.1 Å². The average molecular weight is 401 g/mol. The summed E-state index contributed by atoms with van der Waals surface area (Å²) in [5.41, 5.74) is 2.33. The van der Waals surface area contributed by atoms with Gasteiger partial charge in [0.15, 0.2) is 0 Å². The van der Waals surface area contributed by atoms with Crippen molar-refractivity contribution < 1.29 is 13.2 Å². The molecular formula is C22H28N2O3S. The molecule has 1 fully saturated rings. The molecule has 1 aliphatic carbocycles. The van der Waals surface area contributed by atoms with Crippen molar-refractivity contribution in [3.05, 3.63) is 65.7 Å². The Labute approximate surface area is 167 Å². The molecule has 1 saturated carbocycles. The maximum Gasteiger partial charge on any atom is 0.241 e. The second-order valence-electron chi connectivity index (χ2n) is 7.31. The summed E-state index contributed by atoms with van der Waals surface area (Å²) in [6.07, 6.45) is 6.83. The van der Waals surface area contributed by atoms with Crippen molar-refractivity contribution in [3.63, 3.8) is 0 Å². The van der Waals surface area contributed by atoms with E-state index in [4.69, 9.17) is 0 Å². The highest BCUT2D eigenvalue weighted by Gasteiger charge is 2.18. The summed E-state index contributed by atoms with van der Waals surface area (Å²) in [6, 6.07) is 16.9. The molecule has 150 valence electrons. The van der Waals surface area contributed by atoms with E-state index in [0.717, 1.165) is 5.56 Å². The minimum absolute atomic E-state index is 0.198. The number of hydrogen-bond donors (Lipinski definition) is 2. The smallest absolute Gasteiger partial charge is 0.241 e. The van der Waals surface area contributed by atoms with Gasteiger partial charge in [-0.1, -0.05) is 61.7 Å². The summed E-state index contributed by atoms with van der Waals surface area (Å²) in [5.74, 6) is 0.201. The van der Waals surface area contributed by atoms with Crippen molar-refractivity contribution in [1.29, 1.82) is 0 Å². The molecule has 0 bridgehead atoms. The molecular weight excluding hydrogens is 372 g/mol. The predicted octanol–water partition coefficient (Wildman–Crippen LogP) is 3.37. The standard InChI is InChI=1S/C22H28N2O3S/c25-22(23-16-15-18-7-3-1-4-8-18)17-24-28(26,27)21-13-11-20(12-14-21)19-9-5-2-6-10-19/h1,3-4,7-8,11-14,19,24H,2,5-6,9-10,15-17H2,(H,23,25). The van der Waals surface area contributed by atoms with Gasteiger partial charge < -0.3 is 5.32 Å². The quantitative estimate of drug-likeness (QED) is 0.713. The second-order valence-corrected chi connectivity index (χ2v) is 9.08. The fraction of sp³-hybridized carbons (Fsp3) is 0.409. The number of nitrogens with one attached hydrogen (secondary N) is 2. The highest BCUT2D eigenvalue weighted by atomic mass is 32.2. The summed E-state index contributed by atoms with van der Waals surface area (Å²) in [4.78, 5) is 12.1. The fourth-order valence-electron chi connectivity index (χ4n) is 3.65. The first kappa shape index (κ1) is 20.6. The topological polar surface area (TPSA) is 75.3 Å². The van der Waals surface area contributed by atoms with Crippen LogP contribution in [0.2, 0.25) is 0 Å². The Morgan fingerprint density at radius 1 is 0.929 bits per heavy atom. The third kappa shape index (κ3) is 5.91. The third-order valence-corrected chi connectivity index (χ3v) is 6.69. The molecule has 0 spiro atoms. The van der Waals surface area contributed by atoms with E-state index in [1.807, 2.05) is 42.5 Å². The van der Waals surface area contributed by atoms with E-state index in [2.05, 4.69) is 10.0 Å². The first-order chi connectivity index (χ1) is 13.5. The lowest BCUT2D eigenvalue weighted by molar-refractivity contribution is -0.119. The zero-order chi connectivity index (χ0) is 19.8. The SMILES string of the molecule is O=C(CNS(=O)(=O)c1ccc(C2CCCCC2)cc1)NCCc1ccccc1. The molecule has 0 unspecified atom stereocenters. The van der Waals surface area contributed by atoms with Gasteiger partial charge in [-0.05, 0) is 48.4 Å². The van der Waals surface area contributed by atoms with Crippen LogP contribution in [0.5, 0.6) is 0 Å². The van der Waals surface area contributed by atoms with Crippen molar-refractivity contribution in [1.82, 2.24) is 10.0 Å². The molecule has 3 rings (SSSR count). The Hall–Kier alpha value is -2.18. The normalized spacial score (nSPS) is 15.3. The first-order valence-corrected chi connectivity index (χ1v) is 11.4. The molecule has 0 aliphatic heterocycles. The number of rotatable bonds is 8. The van der Waals surface area contributed by atoms with E-state index in [9.17, 15) is 13.2 Å². The zero-order valence-electron chi connectivity index (χ0n) is 16.1. The molecule has 0 atom stereocenters. The highest BCUT2D eigenvalue weighted by Crippen LogP contribution is 2.32. The molecule has 0 heterocycles. The molecule has 2 aromatic rings. The van der Waals surface area contributed by atoms with Gasteiger partial charge in [-0.3, -0.25) is 4.79 Å². The van der Waals surface area contributed by atoms with Crippen molar-refractivity contribution in [2.24, 2.45) is 0 Å². The van der Waals surface area contributed by atoms with E-state index in [-0.39, 0.29) is 17.3 Å². The number of hydrogen-bond acceptors (Lipinski definition) is 3. The molecule has 0 saturated heterocycles. The van der Waals surface area contributed by atoms with E-state index in [1.165, 1.54) is 37.7 Å². The lowest BCUT2D eigenvalue weighted by Crippen LogP contribution is -2.37. The van der Waals surface area contributed by atoms with E-state index >= 15 is 0 Å². The van der Waals surface area contributed by atoms with Crippen LogP contribution in [-0.4, -0.2) is 27.4 Å². The fourth-order valence-corrected chi connectivity index (χ4v) is 4.63. The second kappa shape index (κ2) is 9.85. The molecule has 1 amide bonds. The van der Waals surface area contributed by atoms with Crippen molar-refractivity contribution in [3.8, 4) is 0 Å². The van der Waals surface area contributed by atoms with Gasteiger partial charge in [0.05, 0.1) is 11.4 Å². The molecule has 2 N–H and O–H groups in total. The number of carbonyl (C=O) groups excluding carboxylic acids is 1. The van der Waals surface area contributed by atoms with Gasteiger partial charge in [0.2, 0.25) is 15.9 Å². The van der Waals surface area contributed by atoms with Crippen LogP contribution in [0.3, 0.4) is 0 Å². The Balaban J connectivity index is 1.47. The van der Waals surface area contributed by atoms with Gasteiger partial charge in [0.25, 0.3) is 0 Å². The summed E-state index contributed by atoms with van der Waals surface area (Å²) in [7, 11) is -3.69.